The lowest BCUT2D eigenvalue weighted by atomic mass is 10.2. The molecule has 104 valence electrons. The molecule has 0 aromatic carbocycles. The predicted molar refractivity (Wildman–Crippen MR) is 79.6 cm³/mol. The van der Waals surface area contributed by atoms with E-state index in [9.17, 15) is 0 Å². The van der Waals surface area contributed by atoms with Gasteiger partial charge >= 0.3 is 0 Å². The van der Waals surface area contributed by atoms with Gasteiger partial charge in [0, 0.05) is 0 Å². The van der Waals surface area contributed by atoms with Crippen molar-refractivity contribution in [3.63, 3.8) is 0 Å². The van der Waals surface area contributed by atoms with Gasteiger partial charge in [0.15, 0.2) is 11.2 Å². The van der Waals surface area contributed by atoms with Crippen LogP contribution in [0.25, 0.3) is 11.2 Å². The van der Waals surface area contributed by atoms with Crippen LogP contribution in [0.1, 0.15) is 24.4 Å². The molecule has 0 aliphatic rings. The molecule has 0 radical (unpaired) electrons. The first-order chi connectivity index (χ1) is 9.76. The van der Waals surface area contributed by atoms with Crippen LogP contribution < -0.4 is 4.74 Å². The van der Waals surface area contributed by atoms with E-state index in [1.807, 2.05) is 4.57 Å². The number of thiophene rings is 1. The van der Waals surface area contributed by atoms with Crippen LogP contribution in [0, 0.1) is 0 Å². The van der Waals surface area contributed by atoms with Crippen LogP contribution in [-0.4, -0.2) is 26.6 Å². The summed E-state index contributed by atoms with van der Waals surface area (Å²) in [6.45, 7) is 2.10. The smallest absolute Gasteiger partial charge is 0.245 e. The monoisotopic (exact) mass is 308 g/mol. The lowest BCUT2D eigenvalue weighted by Crippen LogP contribution is -2.10. The maximum Gasteiger partial charge on any atom is 0.245 e. The first kappa shape index (κ1) is 13.3. The molecule has 0 saturated carbocycles. The molecule has 3 aromatic heterocycles. The lowest BCUT2D eigenvalue weighted by molar-refractivity contribution is 0.401. The van der Waals surface area contributed by atoms with E-state index in [-0.39, 0.29) is 6.04 Å². The molecule has 1 unspecified atom stereocenters. The zero-order chi connectivity index (χ0) is 14.1. The summed E-state index contributed by atoms with van der Waals surface area (Å²) < 4.78 is 7.28. The van der Waals surface area contributed by atoms with E-state index in [2.05, 4.69) is 38.7 Å². The Balaban J connectivity index is 2.23. The largest absolute Gasteiger partial charge is 0.479 e. The second kappa shape index (κ2) is 5.38. The molecule has 0 bridgehead atoms. The maximum atomic E-state index is 6.03. The van der Waals surface area contributed by atoms with Gasteiger partial charge in [0.1, 0.15) is 12.2 Å². The third kappa shape index (κ3) is 2.05. The molecular formula is C13H13ClN4OS. The molecule has 0 saturated heterocycles. The van der Waals surface area contributed by atoms with Crippen LogP contribution >= 0.6 is 22.9 Å². The zero-order valence-corrected chi connectivity index (χ0v) is 12.6. The SMILES string of the molecule is COc1ncnc2c1nc(CCl)n2C(C)c1ccsc1. The standard InChI is InChI=1S/C13H13ClN4OS/c1-8(9-3-4-20-6-9)18-10(5-14)17-11-12(18)15-7-16-13(11)19-2/h3-4,6-8H,5H2,1-2H3. The van der Waals surface area contributed by atoms with Crippen LogP contribution in [0.3, 0.4) is 0 Å². The summed E-state index contributed by atoms with van der Waals surface area (Å²) in [7, 11) is 1.57. The van der Waals surface area contributed by atoms with Crippen molar-refractivity contribution in [2.45, 2.75) is 18.8 Å². The first-order valence-electron chi connectivity index (χ1n) is 6.10. The van der Waals surface area contributed by atoms with E-state index in [1.165, 1.54) is 11.9 Å². The highest BCUT2D eigenvalue weighted by atomic mass is 35.5. The van der Waals surface area contributed by atoms with Crippen molar-refractivity contribution in [1.82, 2.24) is 19.5 Å². The number of rotatable bonds is 4. The van der Waals surface area contributed by atoms with E-state index >= 15 is 0 Å². The highest BCUT2D eigenvalue weighted by molar-refractivity contribution is 7.07. The van der Waals surface area contributed by atoms with Gasteiger partial charge in [0.05, 0.1) is 19.0 Å². The highest BCUT2D eigenvalue weighted by Gasteiger charge is 2.20. The van der Waals surface area contributed by atoms with E-state index in [0.717, 1.165) is 11.5 Å². The number of hydrogen-bond acceptors (Lipinski definition) is 5. The first-order valence-corrected chi connectivity index (χ1v) is 7.57. The number of imidazole rings is 1. The van der Waals surface area contributed by atoms with Crippen molar-refractivity contribution < 1.29 is 4.74 Å². The summed E-state index contributed by atoms with van der Waals surface area (Å²) in [4.78, 5) is 12.9. The molecule has 5 nitrogen and oxygen atoms in total. The van der Waals surface area contributed by atoms with Crippen LogP contribution in [0.15, 0.2) is 23.2 Å². The molecule has 1 atom stereocenters. The Labute approximate surface area is 125 Å². The van der Waals surface area contributed by atoms with Crippen molar-refractivity contribution in [2.75, 3.05) is 7.11 Å². The summed E-state index contributed by atoms with van der Waals surface area (Å²) in [5.41, 5.74) is 2.59. The molecular weight excluding hydrogens is 296 g/mol. The van der Waals surface area contributed by atoms with Gasteiger partial charge in [-0.1, -0.05) is 0 Å². The third-order valence-electron chi connectivity index (χ3n) is 3.24. The average Bonchev–Trinajstić information content (AvgIpc) is 3.12. The van der Waals surface area contributed by atoms with Crippen LogP contribution in [0.2, 0.25) is 0 Å². The molecule has 3 rings (SSSR count). The van der Waals surface area contributed by atoms with Gasteiger partial charge < -0.3 is 9.30 Å². The van der Waals surface area contributed by atoms with E-state index in [1.54, 1.807) is 18.4 Å². The number of fused-ring (bicyclic) bond motifs is 1. The Morgan fingerprint density at radius 1 is 1.45 bits per heavy atom. The number of nitrogens with zero attached hydrogens (tertiary/aromatic N) is 4. The summed E-state index contributed by atoms with van der Waals surface area (Å²) in [5.74, 6) is 1.55. The molecule has 0 spiro atoms. The van der Waals surface area contributed by atoms with E-state index in [0.29, 0.717) is 17.3 Å². The van der Waals surface area contributed by atoms with Crippen LogP contribution in [-0.2, 0) is 5.88 Å². The molecule has 3 heterocycles. The number of alkyl halides is 1. The van der Waals surface area contributed by atoms with Gasteiger partial charge in [0.25, 0.3) is 0 Å². The minimum absolute atomic E-state index is 0.111. The molecule has 0 aliphatic heterocycles. The average molecular weight is 309 g/mol. The van der Waals surface area contributed by atoms with Crippen molar-refractivity contribution in [2.24, 2.45) is 0 Å². The van der Waals surface area contributed by atoms with Gasteiger partial charge in [-0.05, 0) is 29.3 Å². The molecule has 0 N–H and O–H groups in total. The fraction of sp³-hybridized carbons (Fsp3) is 0.308. The molecule has 3 aromatic rings. The zero-order valence-electron chi connectivity index (χ0n) is 11.1. The summed E-state index contributed by atoms with van der Waals surface area (Å²) in [6, 6.07) is 2.21. The second-order valence-electron chi connectivity index (χ2n) is 4.32. The number of hydrogen-bond donors (Lipinski definition) is 0. The van der Waals surface area contributed by atoms with Crippen molar-refractivity contribution in [1.29, 1.82) is 0 Å². The minimum Gasteiger partial charge on any atom is -0.479 e. The van der Waals surface area contributed by atoms with Crippen LogP contribution in [0.5, 0.6) is 5.88 Å². The van der Waals surface area contributed by atoms with Gasteiger partial charge in [-0.25, -0.2) is 9.97 Å². The minimum atomic E-state index is 0.111. The molecule has 20 heavy (non-hydrogen) atoms. The quantitative estimate of drug-likeness (QED) is 0.694. The van der Waals surface area contributed by atoms with Gasteiger partial charge in [-0.3, -0.25) is 0 Å². The van der Waals surface area contributed by atoms with Crippen molar-refractivity contribution in [3.05, 3.63) is 34.5 Å². The van der Waals surface area contributed by atoms with E-state index < -0.39 is 0 Å². The summed E-state index contributed by atoms with van der Waals surface area (Å²) in [5, 5.41) is 4.17. The second-order valence-corrected chi connectivity index (χ2v) is 5.37. The maximum absolute atomic E-state index is 6.03. The molecule has 0 aliphatic carbocycles. The highest BCUT2D eigenvalue weighted by Crippen LogP contribution is 2.29. The molecule has 7 heteroatoms. The Kier molecular flexibility index (Phi) is 3.58. The summed E-state index contributed by atoms with van der Waals surface area (Å²) in [6.07, 6.45) is 1.48. The molecule has 0 amide bonds. The predicted octanol–water partition coefficient (Wildman–Crippen LogP) is 3.24. The fourth-order valence-electron chi connectivity index (χ4n) is 2.25. The molecule has 0 fully saturated rings. The number of methoxy groups -OCH3 is 1. The van der Waals surface area contributed by atoms with Crippen molar-refractivity contribution in [3.8, 4) is 5.88 Å². The Morgan fingerprint density at radius 3 is 2.95 bits per heavy atom. The summed E-state index contributed by atoms with van der Waals surface area (Å²) >= 11 is 7.70. The van der Waals surface area contributed by atoms with Gasteiger partial charge in [-0.15, -0.1) is 11.6 Å². The lowest BCUT2D eigenvalue weighted by Gasteiger charge is -2.15. The van der Waals surface area contributed by atoms with Crippen molar-refractivity contribution >= 4 is 34.1 Å². The van der Waals surface area contributed by atoms with E-state index in [4.69, 9.17) is 16.3 Å². The van der Waals surface area contributed by atoms with Gasteiger partial charge in [0.2, 0.25) is 5.88 Å². The topological polar surface area (TPSA) is 52.8 Å². The third-order valence-corrected chi connectivity index (χ3v) is 4.18. The number of aromatic nitrogens is 4. The number of halogens is 1. The normalized spacial score (nSPS) is 12.8. The van der Waals surface area contributed by atoms with Crippen LogP contribution in [0.4, 0.5) is 0 Å². The fourth-order valence-corrected chi connectivity index (χ4v) is 3.18. The Bertz CT molecular complexity index is 725. The Hall–Kier alpha value is -1.66. The Morgan fingerprint density at radius 2 is 2.30 bits per heavy atom. The van der Waals surface area contributed by atoms with Gasteiger partial charge in [-0.2, -0.15) is 16.3 Å². The number of ether oxygens (including phenoxy) is 1.